The zero-order valence-corrected chi connectivity index (χ0v) is 13.0. The van der Waals surface area contributed by atoms with E-state index >= 15 is 0 Å². The minimum Gasteiger partial charge on any atom is -0.369 e. The normalized spacial score (nSPS) is 21.2. The van der Waals surface area contributed by atoms with E-state index in [1.165, 1.54) is 18.4 Å². The summed E-state index contributed by atoms with van der Waals surface area (Å²) in [6.45, 7) is 2.22. The number of hydrogen-bond donors (Lipinski definition) is 2. The van der Waals surface area contributed by atoms with Crippen LogP contribution in [0.2, 0.25) is 0 Å². The number of carbonyl (C=O) groups excluding carboxylic acids is 1. The van der Waals surface area contributed by atoms with Gasteiger partial charge in [0.25, 0.3) is 0 Å². The fourth-order valence-electron chi connectivity index (χ4n) is 3.56. The number of benzene rings is 1. The summed E-state index contributed by atoms with van der Waals surface area (Å²) in [5.74, 6) is 0.664. The molecule has 0 aliphatic carbocycles. The van der Waals surface area contributed by atoms with Crippen LogP contribution in [-0.2, 0) is 4.79 Å². The fourth-order valence-corrected chi connectivity index (χ4v) is 3.56. The van der Waals surface area contributed by atoms with Crippen LogP contribution in [0.15, 0.2) is 42.6 Å². The molecule has 1 unspecified atom stereocenters. The molecule has 3 heterocycles. The van der Waals surface area contributed by atoms with Crippen molar-refractivity contribution >= 4 is 18.2 Å². The van der Waals surface area contributed by atoms with Crippen molar-refractivity contribution in [1.82, 2.24) is 15.2 Å². The van der Waals surface area contributed by atoms with Crippen molar-refractivity contribution in [2.45, 2.75) is 24.8 Å². The first-order chi connectivity index (χ1) is 11.3. The predicted molar refractivity (Wildman–Crippen MR) is 91.8 cm³/mol. The molecule has 4 nitrogen and oxygen atoms in total. The van der Waals surface area contributed by atoms with E-state index in [2.05, 4.69) is 41.1 Å². The summed E-state index contributed by atoms with van der Waals surface area (Å²) in [6.07, 6.45) is 7.41. The van der Waals surface area contributed by atoms with E-state index in [4.69, 9.17) is 0 Å². The number of carbonyl (C=O) groups is 1. The lowest BCUT2D eigenvalue weighted by molar-refractivity contribution is -0.109. The highest BCUT2D eigenvalue weighted by Gasteiger charge is 2.21. The third-order valence-electron chi connectivity index (χ3n) is 4.88. The Labute approximate surface area is 136 Å². The summed E-state index contributed by atoms with van der Waals surface area (Å²) in [5, 5.41) is 6.73. The first-order valence-electron chi connectivity index (χ1n) is 8.26. The van der Waals surface area contributed by atoms with E-state index < -0.39 is 0 Å². The average Bonchev–Trinajstić information content (AvgIpc) is 3.10. The van der Waals surface area contributed by atoms with E-state index in [9.17, 15) is 4.79 Å². The van der Waals surface area contributed by atoms with Gasteiger partial charge in [-0.05, 0) is 55.1 Å². The van der Waals surface area contributed by atoms with Gasteiger partial charge >= 0.3 is 0 Å². The van der Waals surface area contributed by atoms with Crippen LogP contribution in [0.1, 0.15) is 41.6 Å². The molecular weight excluding hydrogens is 286 g/mol. The van der Waals surface area contributed by atoms with Crippen molar-refractivity contribution < 1.29 is 4.79 Å². The summed E-state index contributed by atoms with van der Waals surface area (Å²) in [7, 11) is 0. The van der Waals surface area contributed by atoms with E-state index in [0.717, 1.165) is 36.3 Å². The van der Waals surface area contributed by atoms with E-state index in [1.807, 2.05) is 22.9 Å². The lowest BCUT2D eigenvalue weighted by atomic mass is 9.89. The fraction of sp³-hybridized carbons (Fsp3) is 0.316. The maximum atomic E-state index is 11.3. The quantitative estimate of drug-likeness (QED) is 0.857. The lowest BCUT2D eigenvalue weighted by Crippen LogP contribution is -2.27. The van der Waals surface area contributed by atoms with Crippen LogP contribution in [0.3, 0.4) is 0 Å². The molecule has 1 fully saturated rings. The Morgan fingerprint density at radius 1 is 1.09 bits per heavy atom. The van der Waals surface area contributed by atoms with Gasteiger partial charge in [0.05, 0.1) is 11.4 Å². The second-order valence-corrected chi connectivity index (χ2v) is 6.29. The van der Waals surface area contributed by atoms with Gasteiger partial charge in [-0.15, -0.1) is 0 Å². The number of fused-ring (bicyclic) bond motifs is 1. The zero-order chi connectivity index (χ0) is 15.6. The van der Waals surface area contributed by atoms with Crippen molar-refractivity contribution in [3.8, 4) is 0 Å². The molecule has 0 spiro atoms. The molecule has 2 N–H and O–H groups in total. The number of piperidine rings is 1. The van der Waals surface area contributed by atoms with Crippen LogP contribution in [0.5, 0.6) is 0 Å². The van der Waals surface area contributed by atoms with E-state index in [-0.39, 0.29) is 6.04 Å². The molecule has 1 saturated heterocycles. The topological polar surface area (TPSA) is 46.1 Å². The third kappa shape index (κ3) is 2.70. The number of hydrogen-bond acceptors (Lipinski definition) is 3. The Morgan fingerprint density at radius 3 is 2.61 bits per heavy atom. The van der Waals surface area contributed by atoms with Crippen LogP contribution in [0.4, 0.5) is 0 Å². The first kappa shape index (κ1) is 14.3. The molecule has 4 rings (SSSR count). The molecule has 118 valence electrons. The van der Waals surface area contributed by atoms with E-state index in [0.29, 0.717) is 5.92 Å². The van der Waals surface area contributed by atoms with Crippen molar-refractivity contribution in [3.63, 3.8) is 0 Å². The minimum atomic E-state index is -0.283. The Bertz CT molecular complexity index is 723. The predicted octanol–water partition coefficient (Wildman–Crippen LogP) is 2.75. The molecule has 2 aliphatic heterocycles. The summed E-state index contributed by atoms with van der Waals surface area (Å²) in [4.78, 5) is 11.3. The minimum absolute atomic E-state index is 0.283. The van der Waals surface area contributed by atoms with Gasteiger partial charge in [0.15, 0.2) is 0 Å². The Kier molecular flexibility index (Phi) is 3.75. The Morgan fingerprint density at radius 2 is 1.87 bits per heavy atom. The second kappa shape index (κ2) is 6.05. The molecule has 1 aromatic carbocycles. The van der Waals surface area contributed by atoms with Gasteiger partial charge in [-0.1, -0.05) is 24.3 Å². The van der Waals surface area contributed by atoms with Crippen molar-refractivity contribution in [3.05, 3.63) is 59.4 Å². The maximum Gasteiger partial charge on any atom is 0.148 e. The highest BCUT2D eigenvalue weighted by Crippen LogP contribution is 2.28. The molecule has 0 amide bonds. The standard InChI is InChI=1S/C19H21N3O/c23-13-18-19-2-1-11-22(19)12-17(21-18)16-5-3-14(4-6-16)15-7-9-20-10-8-15/h1-6,11-13,15,18,20-21H,7-10H2. The molecule has 2 aromatic rings. The molecule has 0 radical (unpaired) electrons. The largest absolute Gasteiger partial charge is 0.369 e. The molecule has 1 aromatic heterocycles. The van der Waals surface area contributed by atoms with Gasteiger partial charge in [-0.3, -0.25) is 0 Å². The molecule has 23 heavy (non-hydrogen) atoms. The van der Waals surface area contributed by atoms with Crippen LogP contribution in [0.25, 0.3) is 11.9 Å². The second-order valence-electron chi connectivity index (χ2n) is 6.29. The summed E-state index contributed by atoms with van der Waals surface area (Å²) in [6, 6.07) is 12.4. The van der Waals surface area contributed by atoms with Gasteiger partial charge < -0.3 is 20.0 Å². The van der Waals surface area contributed by atoms with Gasteiger partial charge in [-0.2, -0.15) is 0 Å². The van der Waals surface area contributed by atoms with Crippen LogP contribution < -0.4 is 10.6 Å². The van der Waals surface area contributed by atoms with Crippen molar-refractivity contribution in [1.29, 1.82) is 0 Å². The Hall–Kier alpha value is -2.33. The Balaban J connectivity index is 1.60. The number of aromatic nitrogens is 1. The third-order valence-corrected chi connectivity index (χ3v) is 4.88. The highest BCUT2D eigenvalue weighted by atomic mass is 16.1. The number of rotatable bonds is 3. The van der Waals surface area contributed by atoms with E-state index in [1.54, 1.807) is 0 Å². The molecule has 1 atom stereocenters. The average molecular weight is 307 g/mol. The first-order valence-corrected chi connectivity index (χ1v) is 8.26. The number of nitrogens with one attached hydrogen (secondary N) is 2. The van der Waals surface area contributed by atoms with Gasteiger partial charge in [0, 0.05) is 12.4 Å². The lowest BCUT2D eigenvalue weighted by Gasteiger charge is -2.25. The summed E-state index contributed by atoms with van der Waals surface area (Å²) < 4.78 is 2.02. The molecule has 0 saturated carbocycles. The summed E-state index contributed by atoms with van der Waals surface area (Å²) in [5.41, 5.74) is 4.51. The summed E-state index contributed by atoms with van der Waals surface area (Å²) >= 11 is 0. The monoisotopic (exact) mass is 307 g/mol. The van der Waals surface area contributed by atoms with Crippen molar-refractivity contribution in [2.75, 3.05) is 13.1 Å². The van der Waals surface area contributed by atoms with Gasteiger partial charge in [0.2, 0.25) is 0 Å². The zero-order valence-electron chi connectivity index (χ0n) is 13.0. The van der Waals surface area contributed by atoms with Crippen LogP contribution in [-0.4, -0.2) is 23.9 Å². The highest BCUT2D eigenvalue weighted by molar-refractivity contribution is 5.80. The van der Waals surface area contributed by atoms with Gasteiger partial charge in [-0.25, -0.2) is 0 Å². The molecule has 0 bridgehead atoms. The molecular formula is C19H21N3O. The van der Waals surface area contributed by atoms with Crippen LogP contribution >= 0.6 is 0 Å². The molecule has 2 aliphatic rings. The SMILES string of the molecule is O=CC1NC(c2ccc(C3CCNCC3)cc2)=Cn2cccc21. The number of aldehydes is 1. The maximum absolute atomic E-state index is 11.3. The number of nitrogens with zero attached hydrogens (tertiary/aromatic N) is 1. The van der Waals surface area contributed by atoms with Crippen molar-refractivity contribution in [2.24, 2.45) is 0 Å². The van der Waals surface area contributed by atoms with Crippen LogP contribution in [0, 0.1) is 0 Å². The smallest absolute Gasteiger partial charge is 0.148 e. The molecule has 4 heteroatoms. The van der Waals surface area contributed by atoms with Gasteiger partial charge in [0.1, 0.15) is 12.3 Å².